The van der Waals surface area contributed by atoms with Crippen LogP contribution in [0.3, 0.4) is 0 Å². The molecule has 0 atom stereocenters. The van der Waals surface area contributed by atoms with Crippen LogP contribution in [-0.2, 0) is 11.4 Å². The highest BCUT2D eigenvalue weighted by molar-refractivity contribution is 9.10. The molecule has 3 aromatic rings. The van der Waals surface area contributed by atoms with E-state index in [0.717, 1.165) is 15.9 Å². The quantitative estimate of drug-likeness (QED) is 0.207. The van der Waals surface area contributed by atoms with E-state index in [-0.39, 0.29) is 24.1 Å². The maximum Gasteiger partial charge on any atom is 0.250 e. The fourth-order valence-electron chi connectivity index (χ4n) is 2.63. The molecular formula is C22H20BrFN4O2S. The van der Waals surface area contributed by atoms with Gasteiger partial charge in [0.15, 0.2) is 5.16 Å². The van der Waals surface area contributed by atoms with Gasteiger partial charge < -0.3 is 4.74 Å². The first-order valence-corrected chi connectivity index (χ1v) is 11.1. The zero-order chi connectivity index (χ0) is 22.2. The summed E-state index contributed by atoms with van der Waals surface area (Å²) in [5.74, 6) is 0.108. The number of amides is 1. The molecule has 6 nitrogen and oxygen atoms in total. The summed E-state index contributed by atoms with van der Waals surface area (Å²) in [7, 11) is 0. The Bertz CT molecular complexity index is 1090. The molecule has 1 N–H and O–H groups in total. The Balaban J connectivity index is 1.58. The molecule has 0 spiro atoms. The second kappa shape index (κ2) is 11.0. The first-order chi connectivity index (χ1) is 14.9. The molecule has 0 radical (unpaired) electrons. The van der Waals surface area contributed by atoms with Gasteiger partial charge in [-0.05, 0) is 55.8 Å². The number of carbonyl (C=O) groups excluding carboxylic acids is 1. The molecule has 9 heteroatoms. The van der Waals surface area contributed by atoms with Gasteiger partial charge in [-0.15, -0.1) is 0 Å². The lowest BCUT2D eigenvalue weighted by Crippen LogP contribution is -2.20. The van der Waals surface area contributed by atoms with Gasteiger partial charge in [0.05, 0.1) is 12.0 Å². The Morgan fingerprint density at radius 3 is 2.71 bits per heavy atom. The van der Waals surface area contributed by atoms with Crippen molar-refractivity contribution < 1.29 is 13.9 Å². The van der Waals surface area contributed by atoms with Crippen LogP contribution in [0.1, 0.15) is 22.5 Å². The number of aryl methyl sites for hydroxylation is 2. The molecule has 3 rings (SSSR count). The van der Waals surface area contributed by atoms with Crippen molar-refractivity contribution in [3.05, 3.63) is 81.3 Å². The summed E-state index contributed by atoms with van der Waals surface area (Å²) in [6.07, 6.45) is 1.50. The third kappa shape index (κ3) is 7.45. The third-order valence-electron chi connectivity index (χ3n) is 3.94. The molecule has 1 aromatic heterocycles. The summed E-state index contributed by atoms with van der Waals surface area (Å²) >= 11 is 4.66. The molecule has 1 heterocycles. The number of halogens is 2. The number of ether oxygens (including phenoxy) is 1. The molecule has 0 aliphatic rings. The van der Waals surface area contributed by atoms with Gasteiger partial charge in [0.2, 0.25) is 0 Å². The summed E-state index contributed by atoms with van der Waals surface area (Å²) in [5.41, 5.74) is 5.58. The van der Waals surface area contributed by atoms with E-state index in [4.69, 9.17) is 4.74 Å². The average Bonchev–Trinajstić information content (AvgIpc) is 2.71. The minimum atomic E-state index is -0.314. The Morgan fingerprint density at radius 2 is 1.97 bits per heavy atom. The zero-order valence-electron chi connectivity index (χ0n) is 16.9. The van der Waals surface area contributed by atoms with Crippen molar-refractivity contribution in [1.82, 2.24) is 15.4 Å². The summed E-state index contributed by atoms with van der Waals surface area (Å²) in [5, 5.41) is 4.57. The highest BCUT2D eigenvalue weighted by Crippen LogP contribution is 2.23. The fraction of sp³-hybridized carbons (Fsp3) is 0.182. The smallest absolute Gasteiger partial charge is 0.250 e. The van der Waals surface area contributed by atoms with Gasteiger partial charge in [0, 0.05) is 21.4 Å². The third-order valence-corrected chi connectivity index (χ3v) is 5.28. The predicted molar refractivity (Wildman–Crippen MR) is 123 cm³/mol. The highest BCUT2D eigenvalue weighted by Gasteiger charge is 2.07. The average molecular weight is 503 g/mol. The van der Waals surface area contributed by atoms with Crippen LogP contribution in [-0.4, -0.2) is 27.8 Å². The number of rotatable bonds is 8. The molecule has 2 aromatic carbocycles. The topological polar surface area (TPSA) is 76.5 Å². The van der Waals surface area contributed by atoms with E-state index in [1.807, 2.05) is 32.0 Å². The van der Waals surface area contributed by atoms with Crippen molar-refractivity contribution in [2.24, 2.45) is 5.10 Å². The van der Waals surface area contributed by atoms with E-state index in [1.165, 1.54) is 30.1 Å². The minimum Gasteiger partial charge on any atom is -0.488 e. The molecule has 0 fully saturated rings. The van der Waals surface area contributed by atoms with Crippen LogP contribution < -0.4 is 10.2 Å². The summed E-state index contributed by atoms with van der Waals surface area (Å²) in [6.45, 7) is 3.98. The van der Waals surface area contributed by atoms with E-state index in [0.29, 0.717) is 22.0 Å². The van der Waals surface area contributed by atoms with E-state index >= 15 is 0 Å². The van der Waals surface area contributed by atoms with E-state index in [9.17, 15) is 9.18 Å². The molecule has 1 amide bonds. The Morgan fingerprint density at radius 1 is 1.19 bits per heavy atom. The van der Waals surface area contributed by atoms with Crippen LogP contribution in [0, 0.1) is 19.7 Å². The van der Waals surface area contributed by atoms with Crippen LogP contribution in [0.15, 0.2) is 63.3 Å². The van der Waals surface area contributed by atoms with Crippen LogP contribution >= 0.6 is 27.7 Å². The SMILES string of the molecule is Cc1cc(C)nc(SCC(=O)N/N=C\c2cc(Br)ccc2OCc2cccc(F)c2)n1. The number of aromatic nitrogens is 2. The number of nitrogens with zero attached hydrogens (tertiary/aromatic N) is 3. The number of benzene rings is 2. The number of hydrazone groups is 1. The van der Waals surface area contributed by atoms with Crippen LogP contribution in [0.2, 0.25) is 0 Å². The number of nitrogens with one attached hydrogen (secondary N) is 1. The molecule has 0 aliphatic heterocycles. The molecule has 0 unspecified atom stereocenters. The van der Waals surface area contributed by atoms with Crippen molar-refractivity contribution in [3.63, 3.8) is 0 Å². The first-order valence-electron chi connectivity index (χ1n) is 9.33. The first kappa shape index (κ1) is 22.9. The zero-order valence-corrected chi connectivity index (χ0v) is 19.3. The van der Waals surface area contributed by atoms with E-state index in [2.05, 4.69) is 36.4 Å². The molecule has 0 saturated heterocycles. The second-order valence-electron chi connectivity index (χ2n) is 6.62. The van der Waals surface area contributed by atoms with Crippen molar-refractivity contribution in [3.8, 4) is 5.75 Å². The van der Waals surface area contributed by atoms with Crippen LogP contribution in [0.4, 0.5) is 4.39 Å². The Labute approximate surface area is 192 Å². The van der Waals surface area contributed by atoms with Gasteiger partial charge in [-0.2, -0.15) is 5.10 Å². The maximum atomic E-state index is 13.3. The monoisotopic (exact) mass is 502 g/mol. The van der Waals surface area contributed by atoms with Gasteiger partial charge in [-0.25, -0.2) is 19.8 Å². The lowest BCUT2D eigenvalue weighted by Gasteiger charge is -2.10. The summed E-state index contributed by atoms with van der Waals surface area (Å²) in [4.78, 5) is 20.7. The molecule has 0 aliphatic carbocycles. The van der Waals surface area contributed by atoms with Crippen molar-refractivity contribution >= 4 is 39.8 Å². The van der Waals surface area contributed by atoms with Gasteiger partial charge in [-0.3, -0.25) is 4.79 Å². The lowest BCUT2D eigenvalue weighted by molar-refractivity contribution is -0.118. The normalized spacial score (nSPS) is 11.0. The number of carbonyl (C=O) groups is 1. The van der Waals surface area contributed by atoms with Crippen molar-refractivity contribution in [2.75, 3.05) is 5.75 Å². The van der Waals surface area contributed by atoms with Crippen molar-refractivity contribution in [2.45, 2.75) is 25.6 Å². The number of thioether (sulfide) groups is 1. The van der Waals surface area contributed by atoms with Gasteiger partial charge in [0.1, 0.15) is 18.2 Å². The Hall–Kier alpha value is -2.78. The molecule has 0 bridgehead atoms. The molecule has 0 saturated carbocycles. The number of hydrogen-bond acceptors (Lipinski definition) is 6. The highest BCUT2D eigenvalue weighted by atomic mass is 79.9. The van der Waals surface area contributed by atoms with Crippen LogP contribution in [0.25, 0.3) is 0 Å². The second-order valence-corrected chi connectivity index (χ2v) is 8.47. The van der Waals surface area contributed by atoms with Gasteiger partial charge >= 0.3 is 0 Å². The van der Waals surface area contributed by atoms with Crippen molar-refractivity contribution in [1.29, 1.82) is 0 Å². The maximum absolute atomic E-state index is 13.3. The molecular weight excluding hydrogens is 483 g/mol. The molecule has 160 valence electrons. The predicted octanol–water partition coefficient (Wildman–Crippen LogP) is 4.82. The summed E-state index contributed by atoms with van der Waals surface area (Å²) < 4.78 is 20.0. The lowest BCUT2D eigenvalue weighted by atomic mass is 10.2. The summed E-state index contributed by atoms with van der Waals surface area (Å²) in [6, 6.07) is 13.5. The standard InChI is InChI=1S/C22H20BrFN4O2S/c1-14-8-15(2)27-22(26-14)31-13-21(29)28-25-11-17-10-18(23)6-7-20(17)30-12-16-4-3-5-19(24)9-16/h3-11H,12-13H2,1-2H3,(H,28,29)/b25-11-. The number of hydrogen-bond donors (Lipinski definition) is 1. The van der Waals surface area contributed by atoms with Gasteiger partial charge in [0.25, 0.3) is 5.91 Å². The van der Waals surface area contributed by atoms with Crippen LogP contribution in [0.5, 0.6) is 5.75 Å². The van der Waals surface area contributed by atoms with E-state index in [1.54, 1.807) is 18.2 Å². The Kier molecular flexibility index (Phi) is 8.13. The fourth-order valence-corrected chi connectivity index (χ4v) is 3.75. The van der Waals surface area contributed by atoms with E-state index < -0.39 is 0 Å². The molecule has 31 heavy (non-hydrogen) atoms. The largest absolute Gasteiger partial charge is 0.488 e. The van der Waals surface area contributed by atoms with Gasteiger partial charge in [-0.1, -0.05) is 39.8 Å². The minimum absolute atomic E-state index is 0.141.